The highest BCUT2D eigenvalue weighted by molar-refractivity contribution is 9.10. The number of rotatable bonds is 4. The molecule has 1 N–H and O–H groups in total. The Bertz CT molecular complexity index is 671. The summed E-state index contributed by atoms with van der Waals surface area (Å²) in [7, 11) is 0. The number of nitrogens with zero attached hydrogens (tertiary/aromatic N) is 2. The molecule has 0 saturated carbocycles. The molecule has 0 saturated heterocycles. The maximum absolute atomic E-state index is 11.6. The van der Waals surface area contributed by atoms with Gasteiger partial charge in [-0.1, -0.05) is 12.1 Å². The van der Waals surface area contributed by atoms with Gasteiger partial charge in [0.15, 0.2) is 0 Å². The van der Waals surface area contributed by atoms with E-state index in [0.29, 0.717) is 14.9 Å². The second kappa shape index (κ2) is 6.40. The van der Waals surface area contributed by atoms with E-state index in [-0.39, 0.29) is 11.6 Å². The van der Waals surface area contributed by atoms with Crippen LogP contribution < -0.4 is 5.43 Å². The molecule has 2 aromatic rings. The second-order valence-corrected chi connectivity index (χ2v) is 5.45. The van der Waals surface area contributed by atoms with Crippen LogP contribution in [0, 0.1) is 10.1 Å². The largest absolute Gasteiger partial charge is 0.284 e. The molecule has 0 spiro atoms. The first-order valence-electron chi connectivity index (χ1n) is 5.39. The van der Waals surface area contributed by atoms with Crippen molar-refractivity contribution in [1.29, 1.82) is 0 Å². The van der Waals surface area contributed by atoms with Gasteiger partial charge in [0.05, 0.1) is 20.5 Å². The Kier molecular flexibility index (Phi) is 4.59. The van der Waals surface area contributed by atoms with E-state index in [2.05, 4.69) is 26.5 Å². The van der Waals surface area contributed by atoms with E-state index in [1.54, 1.807) is 29.6 Å². The zero-order chi connectivity index (χ0) is 14.5. The molecular weight excluding hydrogens is 346 g/mol. The first-order chi connectivity index (χ1) is 9.58. The van der Waals surface area contributed by atoms with Crippen LogP contribution in [0.1, 0.15) is 15.2 Å². The predicted octanol–water partition coefficient (Wildman–Crippen LogP) is 3.18. The molecule has 102 valence electrons. The predicted molar refractivity (Wildman–Crippen MR) is 80.2 cm³/mol. The molecule has 0 unspecified atom stereocenters. The Morgan fingerprint density at radius 2 is 2.25 bits per heavy atom. The third-order valence-corrected chi connectivity index (χ3v) is 3.83. The summed E-state index contributed by atoms with van der Waals surface area (Å²) in [6.07, 6.45) is 1.35. The minimum Gasteiger partial charge on any atom is -0.266 e. The van der Waals surface area contributed by atoms with Crippen LogP contribution in [-0.2, 0) is 0 Å². The van der Waals surface area contributed by atoms with Gasteiger partial charge in [0.25, 0.3) is 11.6 Å². The van der Waals surface area contributed by atoms with Crippen molar-refractivity contribution in [2.75, 3.05) is 0 Å². The number of nitrogens with one attached hydrogen (secondary N) is 1. The molecule has 0 aliphatic carbocycles. The van der Waals surface area contributed by atoms with Crippen LogP contribution in [-0.4, -0.2) is 17.0 Å². The zero-order valence-electron chi connectivity index (χ0n) is 9.95. The lowest BCUT2D eigenvalue weighted by molar-refractivity contribution is -0.385. The van der Waals surface area contributed by atoms with Crippen LogP contribution in [0.5, 0.6) is 0 Å². The lowest BCUT2D eigenvalue weighted by atomic mass is 10.2. The van der Waals surface area contributed by atoms with Gasteiger partial charge in [-0.05, 0) is 33.4 Å². The van der Waals surface area contributed by atoms with E-state index in [4.69, 9.17) is 0 Å². The summed E-state index contributed by atoms with van der Waals surface area (Å²) in [6, 6.07) is 8.02. The standard InChI is InChI=1S/C12H8BrN3O3S/c13-9-4-3-8(6-10(9)16(18)19)7-14-15-12(17)11-2-1-5-20-11/h1-7H,(H,15,17)/b14-7+. The molecule has 0 atom stereocenters. The van der Waals surface area contributed by atoms with Crippen LogP contribution in [0.25, 0.3) is 0 Å². The summed E-state index contributed by atoms with van der Waals surface area (Å²) in [6.45, 7) is 0. The molecule has 0 aliphatic rings. The minimum absolute atomic E-state index is 0.0569. The Balaban J connectivity index is 2.07. The topological polar surface area (TPSA) is 84.6 Å². The molecule has 6 nitrogen and oxygen atoms in total. The van der Waals surface area contributed by atoms with Crippen molar-refractivity contribution >= 4 is 45.1 Å². The fourth-order valence-corrected chi connectivity index (χ4v) is 2.38. The average Bonchev–Trinajstić information content (AvgIpc) is 2.94. The summed E-state index contributed by atoms with van der Waals surface area (Å²) in [5.74, 6) is -0.317. The third kappa shape index (κ3) is 3.49. The fourth-order valence-electron chi connectivity index (χ4n) is 1.38. The molecule has 1 aromatic heterocycles. The number of halogens is 1. The van der Waals surface area contributed by atoms with Crippen LogP contribution >= 0.6 is 27.3 Å². The van der Waals surface area contributed by atoms with Gasteiger partial charge in [-0.2, -0.15) is 5.10 Å². The first-order valence-corrected chi connectivity index (χ1v) is 7.06. The van der Waals surface area contributed by atoms with Crippen molar-refractivity contribution in [3.63, 3.8) is 0 Å². The molecule has 0 bridgehead atoms. The van der Waals surface area contributed by atoms with E-state index in [0.717, 1.165) is 0 Å². The molecule has 0 fully saturated rings. The van der Waals surface area contributed by atoms with E-state index >= 15 is 0 Å². The number of hydrogen-bond donors (Lipinski definition) is 1. The SMILES string of the molecule is O=C(N/N=C/c1ccc(Br)c([N+](=O)[O-])c1)c1cccs1. The lowest BCUT2D eigenvalue weighted by Gasteiger charge is -1.98. The third-order valence-electron chi connectivity index (χ3n) is 2.29. The number of thiophene rings is 1. The van der Waals surface area contributed by atoms with Gasteiger partial charge < -0.3 is 0 Å². The molecule has 0 aliphatic heterocycles. The number of benzene rings is 1. The van der Waals surface area contributed by atoms with E-state index < -0.39 is 4.92 Å². The van der Waals surface area contributed by atoms with Gasteiger partial charge >= 0.3 is 0 Å². The maximum atomic E-state index is 11.6. The number of hydrazone groups is 1. The van der Waals surface area contributed by atoms with Crippen molar-refractivity contribution in [3.8, 4) is 0 Å². The van der Waals surface area contributed by atoms with Gasteiger partial charge in [-0.15, -0.1) is 11.3 Å². The minimum atomic E-state index is -0.494. The summed E-state index contributed by atoms with van der Waals surface area (Å²) < 4.78 is 0.391. The molecule has 1 heterocycles. The molecule has 1 amide bonds. The first kappa shape index (κ1) is 14.4. The normalized spacial score (nSPS) is 10.7. The Morgan fingerprint density at radius 3 is 2.90 bits per heavy atom. The van der Waals surface area contributed by atoms with Crippen molar-refractivity contribution in [2.45, 2.75) is 0 Å². The van der Waals surface area contributed by atoms with E-state index in [1.165, 1.54) is 23.6 Å². The maximum Gasteiger partial charge on any atom is 0.284 e. The van der Waals surface area contributed by atoms with Crippen molar-refractivity contribution < 1.29 is 9.72 Å². The summed E-state index contributed by atoms with van der Waals surface area (Å²) in [5.41, 5.74) is 2.82. The fraction of sp³-hybridized carbons (Fsp3) is 0. The number of nitro benzene ring substituents is 1. The number of amides is 1. The van der Waals surface area contributed by atoms with Gasteiger partial charge in [0.1, 0.15) is 0 Å². The molecule has 20 heavy (non-hydrogen) atoms. The highest BCUT2D eigenvalue weighted by Crippen LogP contribution is 2.24. The lowest BCUT2D eigenvalue weighted by Crippen LogP contribution is -2.16. The zero-order valence-corrected chi connectivity index (χ0v) is 12.3. The molecular formula is C12H8BrN3O3S. The Morgan fingerprint density at radius 1 is 1.45 bits per heavy atom. The molecule has 0 radical (unpaired) electrons. The smallest absolute Gasteiger partial charge is 0.266 e. The van der Waals surface area contributed by atoms with Crippen LogP contribution in [0.4, 0.5) is 5.69 Å². The van der Waals surface area contributed by atoms with E-state index in [1.807, 2.05) is 0 Å². The highest BCUT2D eigenvalue weighted by atomic mass is 79.9. The van der Waals surface area contributed by atoms with Crippen LogP contribution in [0.15, 0.2) is 45.3 Å². The number of nitro groups is 1. The average molecular weight is 354 g/mol. The molecule has 8 heteroatoms. The van der Waals surface area contributed by atoms with Gasteiger partial charge in [-0.25, -0.2) is 5.43 Å². The van der Waals surface area contributed by atoms with Crippen molar-refractivity contribution in [2.24, 2.45) is 5.10 Å². The molecule has 1 aromatic carbocycles. The summed E-state index contributed by atoms with van der Waals surface area (Å²) >= 11 is 4.40. The van der Waals surface area contributed by atoms with E-state index in [9.17, 15) is 14.9 Å². The van der Waals surface area contributed by atoms with Crippen LogP contribution in [0.3, 0.4) is 0 Å². The highest BCUT2D eigenvalue weighted by Gasteiger charge is 2.11. The number of carbonyl (C=O) groups is 1. The van der Waals surface area contributed by atoms with Gasteiger partial charge in [-0.3, -0.25) is 14.9 Å². The number of carbonyl (C=O) groups excluding carboxylic acids is 1. The Labute approximate surface area is 126 Å². The van der Waals surface area contributed by atoms with Gasteiger partial charge in [0, 0.05) is 11.6 Å². The number of hydrogen-bond acceptors (Lipinski definition) is 5. The van der Waals surface area contributed by atoms with Crippen LogP contribution in [0.2, 0.25) is 0 Å². The van der Waals surface area contributed by atoms with Crippen molar-refractivity contribution in [3.05, 3.63) is 60.7 Å². The molecule has 2 rings (SSSR count). The van der Waals surface area contributed by atoms with Gasteiger partial charge in [0.2, 0.25) is 0 Å². The summed E-state index contributed by atoms with van der Waals surface area (Å²) in [5, 5.41) is 16.3. The monoisotopic (exact) mass is 353 g/mol. The summed E-state index contributed by atoms with van der Waals surface area (Å²) in [4.78, 5) is 22.4. The Hall–Kier alpha value is -2.06. The quantitative estimate of drug-likeness (QED) is 0.520. The second-order valence-electron chi connectivity index (χ2n) is 3.64. The van der Waals surface area contributed by atoms with Crippen molar-refractivity contribution in [1.82, 2.24) is 5.43 Å².